The van der Waals surface area contributed by atoms with Gasteiger partial charge < -0.3 is 9.47 Å². The third-order valence-corrected chi connectivity index (χ3v) is 4.39. The summed E-state index contributed by atoms with van der Waals surface area (Å²) in [4.78, 5) is 0. The highest BCUT2D eigenvalue weighted by Gasteiger charge is 2.33. The van der Waals surface area contributed by atoms with Crippen molar-refractivity contribution < 1.29 is 9.47 Å². The largest absolute Gasteiger partial charge is 0.493 e. The summed E-state index contributed by atoms with van der Waals surface area (Å²) in [5.41, 5.74) is 3.01. The Hall–Kier alpha value is -3.00. The van der Waals surface area contributed by atoms with E-state index in [1.165, 1.54) is 0 Å². The van der Waals surface area contributed by atoms with Crippen molar-refractivity contribution in [1.29, 1.82) is 5.26 Å². The number of rotatable bonds is 5. The van der Waals surface area contributed by atoms with Crippen molar-refractivity contribution in [2.75, 3.05) is 14.2 Å². The van der Waals surface area contributed by atoms with Gasteiger partial charge in [0.05, 0.1) is 26.3 Å². The average Bonchev–Trinajstić information content (AvgIpc) is 3.04. The lowest BCUT2D eigenvalue weighted by Gasteiger charge is -2.28. The third kappa shape index (κ3) is 3.29. The SMILES string of the molecule is COc1ccc([C@@H](C#N)N2N=C(C)C[C@H]2c2ccccc2)cc1OC. The first-order valence-corrected chi connectivity index (χ1v) is 8.16. The van der Waals surface area contributed by atoms with E-state index in [-0.39, 0.29) is 6.04 Å². The van der Waals surface area contributed by atoms with Crippen LogP contribution in [0.4, 0.5) is 0 Å². The smallest absolute Gasteiger partial charge is 0.161 e. The molecule has 0 unspecified atom stereocenters. The van der Waals surface area contributed by atoms with Crippen LogP contribution in [0.1, 0.15) is 36.6 Å². The van der Waals surface area contributed by atoms with Crippen molar-refractivity contribution in [3.05, 3.63) is 59.7 Å². The molecule has 0 radical (unpaired) electrons. The van der Waals surface area contributed by atoms with Gasteiger partial charge in [0.2, 0.25) is 0 Å². The van der Waals surface area contributed by atoms with E-state index >= 15 is 0 Å². The van der Waals surface area contributed by atoms with Gasteiger partial charge in [-0.1, -0.05) is 36.4 Å². The quantitative estimate of drug-likeness (QED) is 0.826. The number of hydrazone groups is 1. The molecule has 1 aliphatic heterocycles. The van der Waals surface area contributed by atoms with E-state index < -0.39 is 6.04 Å². The highest BCUT2D eigenvalue weighted by atomic mass is 16.5. The molecule has 128 valence electrons. The van der Waals surface area contributed by atoms with E-state index in [9.17, 15) is 5.26 Å². The Morgan fingerprint density at radius 2 is 1.84 bits per heavy atom. The van der Waals surface area contributed by atoms with Crippen molar-refractivity contribution in [1.82, 2.24) is 5.01 Å². The first-order valence-electron chi connectivity index (χ1n) is 8.16. The Labute approximate surface area is 148 Å². The molecule has 2 atom stereocenters. The van der Waals surface area contributed by atoms with Crippen molar-refractivity contribution in [3.8, 4) is 17.6 Å². The van der Waals surface area contributed by atoms with E-state index in [2.05, 4.69) is 23.3 Å². The summed E-state index contributed by atoms with van der Waals surface area (Å²) in [6.45, 7) is 2.00. The van der Waals surface area contributed by atoms with Gasteiger partial charge in [-0.05, 0) is 30.2 Å². The first kappa shape index (κ1) is 16.8. The van der Waals surface area contributed by atoms with Gasteiger partial charge in [0.1, 0.15) is 0 Å². The van der Waals surface area contributed by atoms with Gasteiger partial charge in [-0.15, -0.1) is 0 Å². The maximum atomic E-state index is 9.85. The fraction of sp³-hybridized carbons (Fsp3) is 0.300. The van der Waals surface area contributed by atoms with E-state index in [1.54, 1.807) is 14.2 Å². The van der Waals surface area contributed by atoms with Gasteiger partial charge in [-0.3, -0.25) is 5.01 Å². The number of benzene rings is 2. The monoisotopic (exact) mass is 335 g/mol. The number of methoxy groups -OCH3 is 2. The molecule has 0 bridgehead atoms. The molecule has 0 aromatic heterocycles. The average molecular weight is 335 g/mol. The second-order valence-electron chi connectivity index (χ2n) is 5.99. The van der Waals surface area contributed by atoms with Gasteiger partial charge in [0.25, 0.3) is 0 Å². The van der Waals surface area contributed by atoms with Crippen LogP contribution >= 0.6 is 0 Å². The van der Waals surface area contributed by atoms with Crippen LogP contribution in [0.5, 0.6) is 11.5 Å². The molecule has 0 saturated heterocycles. The van der Waals surface area contributed by atoms with Crippen molar-refractivity contribution >= 4 is 5.71 Å². The predicted octanol–water partition coefficient (Wildman–Crippen LogP) is 4.09. The number of hydrogen-bond donors (Lipinski definition) is 0. The maximum Gasteiger partial charge on any atom is 0.161 e. The first-order chi connectivity index (χ1) is 12.2. The minimum Gasteiger partial charge on any atom is -0.493 e. The zero-order valence-corrected chi connectivity index (χ0v) is 14.6. The number of nitriles is 1. The Morgan fingerprint density at radius 1 is 1.12 bits per heavy atom. The number of hydrogen-bond acceptors (Lipinski definition) is 5. The molecular formula is C20H21N3O2. The Morgan fingerprint density at radius 3 is 2.48 bits per heavy atom. The summed E-state index contributed by atoms with van der Waals surface area (Å²) in [5.74, 6) is 1.25. The molecule has 0 fully saturated rings. The molecular weight excluding hydrogens is 314 g/mol. The van der Waals surface area contributed by atoms with Crippen LogP contribution in [0.3, 0.4) is 0 Å². The lowest BCUT2D eigenvalue weighted by atomic mass is 9.99. The minimum absolute atomic E-state index is 0.0546. The van der Waals surface area contributed by atoms with Gasteiger partial charge in [-0.2, -0.15) is 10.4 Å². The zero-order chi connectivity index (χ0) is 17.8. The topological polar surface area (TPSA) is 57.8 Å². The molecule has 1 aliphatic rings. The van der Waals surface area contributed by atoms with Crippen molar-refractivity contribution in [2.24, 2.45) is 5.10 Å². The molecule has 25 heavy (non-hydrogen) atoms. The Balaban J connectivity index is 1.98. The molecule has 5 nitrogen and oxygen atoms in total. The molecule has 0 N–H and O–H groups in total. The number of nitrogens with zero attached hydrogens (tertiary/aromatic N) is 3. The van der Waals surface area contributed by atoms with Crippen LogP contribution in [-0.4, -0.2) is 24.9 Å². The summed E-state index contributed by atoms with van der Waals surface area (Å²) in [7, 11) is 3.19. The molecule has 2 aromatic rings. The van der Waals surface area contributed by atoms with Crippen LogP contribution in [0.25, 0.3) is 0 Å². The van der Waals surface area contributed by atoms with Crippen molar-refractivity contribution in [3.63, 3.8) is 0 Å². The summed E-state index contributed by atoms with van der Waals surface area (Å²) in [6.07, 6.45) is 0.815. The lowest BCUT2D eigenvalue weighted by Crippen LogP contribution is -2.24. The minimum atomic E-state index is -0.498. The van der Waals surface area contributed by atoms with Gasteiger partial charge in [0, 0.05) is 12.1 Å². The molecule has 1 heterocycles. The van der Waals surface area contributed by atoms with Gasteiger partial charge in [0.15, 0.2) is 17.5 Å². The summed E-state index contributed by atoms with van der Waals surface area (Å²) in [6, 6.07) is 17.7. The standard InChI is InChI=1S/C20H21N3O2/c1-14-11-17(15-7-5-4-6-8-15)23(22-14)18(13-21)16-9-10-19(24-2)20(12-16)25-3/h4-10,12,17-18H,11H2,1-3H3/t17-,18+/m0/s1. The lowest BCUT2D eigenvalue weighted by molar-refractivity contribution is 0.196. The van der Waals surface area contributed by atoms with E-state index in [0.29, 0.717) is 11.5 Å². The molecule has 0 aliphatic carbocycles. The van der Waals surface area contributed by atoms with Gasteiger partial charge >= 0.3 is 0 Å². The molecule has 0 saturated carbocycles. The second-order valence-corrected chi connectivity index (χ2v) is 5.99. The van der Waals surface area contributed by atoms with E-state index in [4.69, 9.17) is 9.47 Å². The Bertz CT molecular complexity index is 811. The normalized spacial score (nSPS) is 17.6. The fourth-order valence-electron chi connectivity index (χ4n) is 3.17. The number of ether oxygens (including phenoxy) is 2. The summed E-state index contributed by atoms with van der Waals surface area (Å²) >= 11 is 0. The van der Waals surface area contributed by atoms with E-state index in [0.717, 1.165) is 23.3 Å². The predicted molar refractivity (Wildman–Crippen MR) is 96.6 cm³/mol. The molecule has 0 spiro atoms. The highest BCUT2D eigenvalue weighted by Crippen LogP contribution is 2.39. The van der Waals surface area contributed by atoms with Crippen LogP contribution in [0.15, 0.2) is 53.6 Å². The highest BCUT2D eigenvalue weighted by molar-refractivity contribution is 5.84. The fourth-order valence-corrected chi connectivity index (χ4v) is 3.17. The molecule has 3 rings (SSSR count). The van der Waals surface area contributed by atoms with Crippen LogP contribution in [0, 0.1) is 11.3 Å². The van der Waals surface area contributed by atoms with E-state index in [1.807, 2.05) is 48.3 Å². The maximum absolute atomic E-state index is 9.85. The summed E-state index contributed by atoms with van der Waals surface area (Å²) < 4.78 is 10.7. The van der Waals surface area contributed by atoms with Crippen LogP contribution < -0.4 is 9.47 Å². The zero-order valence-electron chi connectivity index (χ0n) is 14.6. The molecule has 0 amide bonds. The van der Waals surface area contributed by atoms with Crippen LogP contribution in [0.2, 0.25) is 0 Å². The third-order valence-electron chi connectivity index (χ3n) is 4.39. The second kappa shape index (κ2) is 7.27. The van der Waals surface area contributed by atoms with Crippen molar-refractivity contribution in [2.45, 2.75) is 25.4 Å². The Kier molecular flexibility index (Phi) is 4.90. The molecule has 5 heteroatoms. The summed E-state index contributed by atoms with van der Waals surface area (Å²) in [5, 5.41) is 16.4. The molecule has 2 aromatic carbocycles. The van der Waals surface area contributed by atoms with Crippen LogP contribution in [-0.2, 0) is 0 Å². The van der Waals surface area contributed by atoms with Gasteiger partial charge in [-0.25, -0.2) is 0 Å².